The molecule has 2 heterocycles. The Balaban J connectivity index is 1.65. The van der Waals surface area contributed by atoms with Crippen molar-refractivity contribution in [2.75, 3.05) is 23.3 Å². The summed E-state index contributed by atoms with van der Waals surface area (Å²) in [5.74, 6) is 0.439. The SMILES string of the molecule is Cc1ncc(C(=O)Nc2ccc(N3CCCCC3)cc2)o1. The number of amides is 1. The molecule has 1 amide bonds. The minimum absolute atomic E-state index is 0.229. The molecule has 0 bridgehead atoms. The number of piperidine rings is 1. The van der Waals surface area contributed by atoms with Crippen LogP contribution in [0.3, 0.4) is 0 Å². The lowest BCUT2D eigenvalue weighted by atomic mass is 10.1. The maximum atomic E-state index is 12.0. The van der Waals surface area contributed by atoms with E-state index < -0.39 is 0 Å². The van der Waals surface area contributed by atoms with Crippen LogP contribution in [0.4, 0.5) is 11.4 Å². The number of nitrogens with one attached hydrogen (secondary N) is 1. The number of benzene rings is 1. The van der Waals surface area contributed by atoms with Crippen LogP contribution in [0.2, 0.25) is 0 Å². The zero-order chi connectivity index (χ0) is 14.7. The van der Waals surface area contributed by atoms with Crippen molar-refractivity contribution in [3.8, 4) is 0 Å². The van der Waals surface area contributed by atoms with Crippen LogP contribution in [-0.4, -0.2) is 24.0 Å². The van der Waals surface area contributed by atoms with Crippen molar-refractivity contribution in [3.05, 3.63) is 42.1 Å². The molecule has 1 N–H and O–H groups in total. The van der Waals surface area contributed by atoms with E-state index in [-0.39, 0.29) is 11.7 Å². The molecular weight excluding hydrogens is 266 g/mol. The van der Waals surface area contributed by atoms with Crippen LogP contribution in [0.15, 0.2) is 34.9 Å². The first kappa shape index (κ1) is 13.7. The van der Waals surface area contributed by atoms with Gasteiger partial charge in [0.2, 0.25) is 5.76 Å². The molecule has 1 fully saturated rings. The number of carbonyl (C=O) groups excluding carboxylic acids is 1. The highest BCUT2D eigenvalue weighted by molar-refractivity contribution is 6.02. The first-order chi connectivity index (χ1) is 10.2. The lowest BCUT2D eigenvalue weighted by Gasteiger charge is -2.28. The second-order valence-corrected chi connectivity index (χ2v) is 5.29. The first-order valence-corrected chi connectivity index (χ1v) is 7.31. The molecule has 1 aromatic heterocycles. The van der Waals surface area contributed by atoms with Gasteiger partial charge in [-0.3, -0.25) is 4.79 Å². The fraction of sp³-hybridized carbons (Fsp3) is 0.375. The predicted octanol–water partition coefficient (Wildman–Crippen LogP) is 3.23. The Bertz CT molecular complexity index is 613. The van der Waals surface area contributed by atoms with E-state index in [1.165, 1.54) is 31.1 Å². The fourth-order valence-corrected chi connectivity index (χ4v) is 2.57. The number of rotatable bonds is 3. The predicted molar refractivity (Wildman–Crippen MR) is 81.7 cm³/mol. The topological polar surface area (TPSA) is 58.4 Å². The summed E-state index contributed by atoms with van der Waals surface area (Å²) in [5.41, 5.74) is 1.97. The van der Waals surface area contributed by atoms with Crippen molar-refractivity contribution in [1.82, 2.24) is 4.98 Å². The molecule has 21 heavy (non-hydrogen) atoms. The molecule has 1 aliphatic heterocycles. The van der Waals surface area contributed by atoms with Crippen LogP contribution in [0.5, 0.6) is 0 Å². The van der Waals surface area contributed by atoms with Gasteiger partial charge in [-0.2, -0.15) is 0 Å². The molecule has 0 atom stereocenters. The van der Waals surface area contributed by atoms with E-state index in [4.69, 9.17) is 4.42 Å². The van der Waals surface area contributed by atoms with Gasteiger partial charge in [-0.15, -0.1) is 0 Å². The Kier molecular flexibility index (Phi) is 3.90. The van der Waals surface area contributed by atoms with Crippen LogP contribution < -0.4 is 10.2 Å². The number of aromatic nitrogens is 1. The second-order valence-electron chi connectivity index (χ2n) is 5.29. The molecule has 0 unspecified atom stereocenters. The van der Waals surface area contributed by atoms with Crippen LogP contribution in [-0.2, 0) is 0 Å². The number of aryl methyl sites for hydroxylation is 1. The van der Waals surface area contributed by atoms with Crippen molar-refractivity contribution in [2.24, 2.45) is 0 Å². The lowest BCUT2D eigenvalue weighted by molar-refractivity contribution is 0.0995. The highest BCUT2D eigenvalue weighted by Crippen LogP contribution is 2.22. The Hall–Kier alpha value is -2.30. The Morgan fingerprint density at radius 3 is 2.52 bits per heavy atom. The van der Waals surface area contributed by atoms with E-state index >= 15 is 0 Å². The van der Waals surface area contributed by atoms with Gasteiger partial charge in [-0.25, -0.2) is 4.98 Å². The van der Waals surface area contributed by atoms with E-state index in [0.29, 0.717) is 5.89 Å². The van der Waals surface area contributed by atoms with Gasteiger partial charge >= 0.3 is 0 Å². The van der Waals surface area contributed by atoms with Crippen LogP contribution in [0, 0.1) is 6.92 Å². The minimum Gasteiger partial charge on any atom is -0.436 e. The lowest BCUT2D eigenvalue weighted by Crippen LogP contribution is -2.29. The molecule has 0 spiro atoms. The summed E-state index contributed by atoms with van der Waals surface area (Å²) in [6.45, 7) is 3.94. The zero-order valence-electron chi connectivity index (χ0n) is 12.1. The number of oxazole rings is 1. The fourth-order valence-electron chi connectivity index (χ4n) is 2.57. The summed E-state index contributed by atoms with van der Waals surface area (Å²) in [7, 11) is 0. The molecule has 5 heteroatoms. The van der Waals surface area contributed by atoms with Gasteiger partial charge in [0.15, 0.2) is 5.89 Å². The van der Waals surface area contributed by atoms with Crippen molar-refractivity contribution in [3.63, 3.8) is 0 Å². The van der Waals surface area contributed by atoms with Gasteiger partial charge < -0.3 is 14.6 Å². The van der Waals surface area contributed by atoms with E-state index in [2.05, 4.69) is 15.2 Å². The van der Waals surface area contributed by atoms with E-state index in [9.17, 15) is 4.79 Å². The molecule has 0 radical (unpaired) electrons. The van der Waals surface area contributed by atoms with Crippen molar-refractivity contribution >= 4 is 17.3 Å². The summed E-state index contributed by atoms with van der Waals surface area (Å²) >= 11 is 0. The van der Waals surface area contributed by atoms with Crippen LogP contribution in [0.25, 0.3) is 0 Å². The highest BCUT2D eigenvalue weighted by Gasteiger charge is 2.13. The molecular formula is C16H19N3O2. The quantitative estimate of drug-likeness (QED) is 0.940. The van der Waals surface area contributed by atoms with Crippen molar-refractivity contribution < 1.29 is 9.21 Å². The molecule has 1 aliphatic rings. The van der Waals surface area contributed by atoms with E-state index in [1.807, 2.05) is 24.3 Å². The molecule has 1 saturated heterocycles. The molecule has 0 saturated carbocycles. The average molecular weight is 285 g/mol. The minimum atomic E-state index is -0.277. The van der Waals surface area contributed by atoms with Crippen LogP contribution in [0.1, 0.15) is 35.7 Å². The third kappa shape index (κ3) is 3.24. The summed E-state index contributed by atoms with van der Waals surface area (Å²) < 4.78 is 5.21. The third-order valence-electron chi connectivity index (χ3n) is 3.69. The summed E-state index contributed by atoms with van der Waals surface area (Å²) in [5, 5.41) is 2.81. The average Bonchev–Trinajstić information content (AvgIpc) is 2.96. The Morgan fingerprint density at radius 1 is 1.19 bits per heavy atom. The number of carbonyl (C=O) groups is 1. The standard InChI is InChI=1S/C16H19N3O2/c1-12-17-11-15(21-12)16(20)18-13-5-7-14(8-6-13)19-9-3-2-4-10-19/h5-8,11H,2-4,9-10H2,1H3,(H,18,20). The van der Waals surface area contributed by atoms with E-state index in [0.717, 1.165) is 18.8 Å². The number of anilines is 2. The third-order valence-corrected chi connectivity index (χ3v) is 3.69. The highest BCUT2D eigenvalue weighted by atomic mass is 16.4. The molecule has 0 aliphatic carbocycles. The van der Waals surface area contributed by atoms with Gasteiger partial charge in [0, 0.05) is 31.4 Å². The van der Waals surface area contributed by atoms with Gasteiger partial charge in [0.1, 0.15) is 0 Å². The monoisotopic (exact) mass is 285 g/mol. The van der Waals surface area contributed by atoms with E-state index in [1.54, 1.807) is 6.92 Å². The Labute approximate surface area is 124 Å². The van der Waals surface area contributed by atoms with Crippen LogP contribution >= 0.6 is 0 Å². The number of nitrogens with zero attached hydrogens (tertiary/aromatic N) is 2. The van der Waals surface area contributed by atoms with Gasteiger partial charge in [0.05, 0.1) is 6.20 Å². The normalized spacial score (nSPS) is 15.0. The largest absolute Gasteiger partial charge is 0.436 e. The second kappa shape index (κ2) is 5.99. The number of hydrogen-bond donors (Lipinski definition) is 1. The zero-order valence-corrected chi connectivity index (χ0v) is 12.1. The smallest absolute Gasteiger partial charge is 0.293 e. The van der Waals surface area contributed by atoms with Gasteiger partial charge in [-0.05, 0) is 43.5 Å². The Morgan fingerprint density at radius 2 is 1.90 bits per heavy atom. The molecule has 110 valence electrons. The maximum absolute atomic E-state index is 12.0. The maximum Gasteiger partial charge on any atom is 0.293 e. The first-order valence-electron chi connectivity index (χ1n) is 7.31. The van der Waals surface area contributed by atoms with Gasteiger partial charge in [0.25, 0.3) is 5.91 Å². The summed E-state index contributed by atoms with van der Waals surface area (Å²) in [4.78, 5) is 18.3. The molecule has 2 aromatic rings. The van der Waals surface area contributed by atoms with Crippen molar-refractivity contribution in [2.45, 2.75) is 26.2 Å². The molecule has 3 rings (SSSR count). The summed E-state index contributed by atoms with van der Waals surface area (Å²) in [6, 6.07) is 7.94. The summed E-state index contributed by atoms with van der Waals surface area (Å²) in [6.07, 6.45) is 5.26. The number of hydrogen-bond acceptors (Lipinski definition) is 4. The molecule has 5 nitrogen and oxygen atoms in total. The van der Waals surface area contributed by atoms with Gasteiger partial charge in [-0.1, -0.05) is 0 Å². The van der Waals surface area contributed by atoms with Crippen molar-refractivity contribution in [1.29, 1.82) is 0 Å². The molecule has 1 aromatic carbocycles.